The Bertz CT molecular complexity index is 857. The summed E-state index contributed by atoms with van der Waals surface area (Å²) < 4.78 is 16.7. The van der Waals surface area contributed by atoms with E-state index < -0.39 is 5.97 Å². The number of esters is 1. The van der Waals surface area contributed by atoms with Gasteiger partial charge in [-0.3, -0.25) is 4.79 Å². The monoisotopic (exact) mass is 402 g/mol. The minimum atomic E-state index is -0.449. The molecule has 1 aliphatic heterocycles. The van der Waals surface area contributed by atoms with Gasteiger partial charge < -0.3 is 14.2 Å². The molecule has 0 radical (unpaired) electrons. The van der Waals surface area contributed by atoms with E-state index in [1.54, 1.807) is 31.2 Å². The number of Topliss-reactive ketones (excluding diaryl/α,β-unsaturated/α-hetero) is 1. The van der Waals surface area contributed by atoms with Crippen LogP contribution in [0.4, 0.5) is 0 Å². The maximum Gasteiger partial charge on any atom is 0.344 e. The first-order valence-electron chi connectivity index (χ1n) is 7.69. The van der Waals surface area contributed by atoms with E-state index in [2.05, 4.69) is 15.9 Å². The summed E-state index contributed by atoms with van der Waals surface area (Å²) in [4.78, 5) is 23.8. The standard InChI is InChI=1S/C19H15BrO5/c1-2-23-18(21)11-24-14-6-7-15-16(10-14)25-17(19(15)22)9-12-4-3-5-13(20)8-12/h3-10H,2,11H2,1H3/b17-9-. The lowest BCUT2D eigenvalue weighted by molar-refractivity contribution is -0.145. The van der Waals surface area contributed by atoms with Gasteiger partial charge in [0, 0.05) is 10.5 Å². The van der Waals surface area contributed by atoms with Crippen molar-refractivity contribution in [2.75, 3.05) is 13.2 Å². The third kappa shape index (κ3) is 4.09. The fourth-order valence-corrected chi connectivity index (χ4v) is 2.77. The van der Waals surface area contributed by atoms with Gasteiger partial charge in [0.2, 0.25) is 5.78 Å². The maximum atomic E-state index is 12.4. The van der Waals surface area contributed by atoms with E-state index in [0.717, 1.165) is 10.0 Å². The maximum absolute atomic E-state index is 12.4. The number of rotatable bonds is 5. The average molecular weight is 403 g/mol. The van der Waals surface area contributed by atoms with Gasteiger partial charge in [-0.15, -0.1) is 0 Å². The van der Waals surface area contributed by atoms with Gasteiger partial charge in [-0.05, 0) is 42.8 Å². The number of carbonyl (C=O) groups excluding carboxylic acids is 2. The molecule has 0 amide bonds. The van der Waals surface area contributed by atoms with Crippen LogP contribution in [-0.2, 0) is 9.53 Å². The summed E-state index contributed by atoms with van der Waals surface area (Å²) in [5.74, 6) is 0.453. The number of fused-ring (bicyclic) bond motifs is 1. The Morgan fingerprint density at radius 3 is 2.84 bits per heavy atom. The van der Waals surface area contributed by atoms with Crippen LogP contribution in [0, 0.1) is 0 Å². The van der Waals surface area contributed by atoms with Crippen LogP contribution in [0.25, 0.3) is 6.08 Å². The van der Waals surface area contributed by atoms with Gasteiger partial charge >= 0.3 is 5.97 Å². The second-order valence-electron chi connectivity index (χ2n) is 5.25. The number of ether oxygens (including phenoxy) is 3. The van der Waals surface area contributed by atoms with E-state index in [-0.39, 0.29) is 18.1 Å². The summed E-state index contributed by atoms with van der Waals surface area (Å²) in [6.45, 7) is 1.83. The molecule has 0 aliphatic carbocycles. The molecule has 0 unspecified atom stereocenters. The number of halogens is 1. The normalized spacial score (nSPS) is 14.2. The van der Waals surface area contributed by atoms with E-state index in [4.69, 9.17) is 14.2 Å². The SMILES string of the molecule is CCOC(=O)COc1ccc2c(c1)O/C(=C\c1cccc(Br)c1)C2=O. The Morgan fingerprint density at radius 1 is 1.24 bits per heavy atom. The lowest BCUT2D eigenvalue weighted by atomic mass is 10.1. The molecular weight excluding hydrogens is 388 g/mol. The largest absolute Gasteiger partial charge is 0.482 e. The Kier molecular flexibility index (Phi) is 5.19. The smallest absolute Gasteiger partial charge is 0.344 e. The Hall–Kier alpha value is -2.60. The third-order valence-electron chi connectivity index (χ3n) is 3.45. The van der Waals surface area contributed by atoms with Gasteiger partial charge in [0.15, 0.2) is 12.4 Å². The summed E-state index contributed by atoms with van der Waals surface area (Å²) in [7, 11) is 0. The molecule has 0 aromatic heterocycles. The molecule has 0 fully saturated rings. The fraction of sp³-hybridized carbons (Fsp3) is 0.158. The number of benzene rings is 2. The zero-order valence-corrected chi connectivity index (χ0v) is 15.0. The number of carbonyl (C=O) groups is 2. The highest BCUT2D eigenvalue weighted by molar-refractivity contribution is 9.10. The minimum absolute atomic E-state index is 0.188. The van der Waals surface area contributed by atoms with Crippen LogP contribution in [0.1, 0.15) is 22.8 Å². The summed E-state index contributed by atoms with van der Waals surface area (Å²) in [5, 5.41) is 0. The molecule has 128 valence electrons. The fourth-order valence-electron chi connectivity index (χ4n) is 2.35. The van der Waals surface area contributed by atoms with Crippen LogP contribution < -0.4 is 9.47 Å². The van der Waals surface area contributed by atoms with Gasteiger partial charge in [-0.2, -0.15) is 0 Å². The van der Waals surface area contributed by atoms with Crippen LogP contribution in [0.5, 0.6) is 11.5 Å². The van der Waals surface area contributed by atoms with Crippen LogP contribution >= 0.6 is 15.9 Å². The predicted octanol–water partition coefficient (Wildman–Crippen LogP) is 4.01. The van der Waals surface area contributed by atoms with Crippen molar-refractivity contribution < 1.29 is 23.8 Å². The molecule has 1 aliphatic rings. The van der Waals surface area contributed by atoms with Gasteiger partial charge in [0.25, 0.3) is 0 Å². The van der Waals surface area contributed by atoms with E-state index in [9.17, 15) is 9.59 Å². The number of allylic oxidation sites excluding steroid dienone is 1. The van der Waals surface area contributed by atoms with E-state index >= 15 is 0 Å². The van der Waals surface area contributed by atoms with Crippen molar-refractivity contribution in [1.29, 1.82) is 0 Å². The van der Waals surface area contributed by atoms with Crippen LogP contribution in [0.2, 0.25) is 0 Å². The predicted molar refractivity (Wildman–Crippen MR) is 95.6 cm³/mol. The van der Waals surface area contributed by atoms with Crippen molar-refractivity contribution in [1.82, 2.24) is 0 Å². The van der Waals surface area contributed by atoms with Crippen LogP contribution in [0.3, 0.4) is 0 Å². The topological polar surface area (TPSA) is 61.8 Å². The second-order valence-corrected chi connectivity index (χ2v) is 6.16. The molecule has 0 saturated heterocycles. The first-order chi connectivity index (χ1) is 12.1. The van der Waals surface area contributed by atoms with Crippen LogP contribution in [-0.4, -0.2) is 25.0 Å². The first kappa shape index (κ1) is 17.2. The van der Waals surface area contributed by atoms with Gasteiger partial charge in [-0.25, -0.2) is 4.79 Å². The van der Waals surface area contributed by atoms with E-state index in [1.807, 2.05) is 24.3 Å². The van der Waals surface area contributed by atoms with E-state index in [0.29, 0.717) is 23.7 Å². The lowest BCUT2D eigenvalue weighted by Gasteiger charge is -2.06. The molecular formula is C19H15BrO5. The average Bonchev–Trinajstić information content (AvgIpc) is 2.89. The first-order valence-corrected chi connectivity index (χ1v) is 8.48. The number of hydrogen-bond acceptors (Lipinski definition) is 5. The molecule has 0 atom stereocenters. The lowest BCUT2D eigenvalue weighted by Crippen LogP contribution is -2.14. The van der Waals surface area contributed by atoms with Crippen molar-refractivity contribution >= 4 is 33.8 Å². The Balaban J connectivity index is 1.76. The Labute approximate surface area is 153 Å². The highest BCUT2D eigenvalue weighted by Crippen LogP contribution is 2.35. The quantitative estimate of drug-likeness (QED) is 0.558. The second kappa shape index (κ2) is 7.53. The molecule has 5 nitrogen and oxygen atoms in total. The zero-order chi connectivity index (χ0) is 17.8. The summed E-state index contributed by atoms with van der Waals surface area (Å²) in [6, 6.07) is 12.4. The molecule has 2 aromatic rings. The molecule has 0 saturated carbocycles. The molecule has 3 rings (SSSR count). The molecule has 2 aromatic carbocycles. The van der Waals surface area contributed by atoms with Crippen molar-refractivity contribution in [3.63, 3.8) is 0 Å². The highest BCUT2D eigenvalue weighted by Gasteiger charge is 2.27. The van der Waals surface area contributed by atoms with Crippen molar-refractivity contribution in [3.05, 3.63) is 63.8 Å². The van der Waals surface area contributed by atoms with Gasteiger partial charge in [0.05, 0.1) is 12.2 Å². The number of ketones is 1. The molecule has 0 bridgehead atoms. The van der Waals surface area contributed by atoms with Gasteiger partial charge in [0.1, 0.15) is 11.5 Å². The summed E-state index contributed by atoms with van der Waals surface area (Å²) in [5.41, 5.74) is 1.31. The Morgan fingerprint density at radius 2 is 2.08 bits per heavy atom. The van der Waals surface area contributed by atoms with E-state index in [1.165, 1.54) is 0 Å². The van der Waals surface area contributed by atoms with Crippen LogP contribution in [0.15, 0.2) is 52.7 Å². The summed E-state index contributed by atoms with van der Waals surface area (Å²) in [6.07, 6.45) is 1.69. The molecule has 0 N–H and O–H groups in total. The van der Waals surface area contributed by atoms with Crippen molar-refractivity contribution in [3.8, 4) is 11.5 Å². The highest BCUT2D eigenvalue weighted by atomic mass is 79.9. The van der Waals surface area contributed by atoms with Crippen molar-refractivity contribution in [2.45, 2.75) is 6.92 Å². The van der Waals surface area contributed by atoms with Gasteiger partial charge in [-0.1, -0.05) is 28.1 Å². The molecule has 1 heterocycles. The molecule has 0 spiro atoms. The van der Waals surface area contributed by atoms with Crippen molar-refractivity contribution in [2.24, 2.45) is 0 Å². The minimum Gasteiger partial charge on any atom is -0.482 e. The molecule has 25 heavy (non-hydrogen) atoms. The zero-order valence-electron chi connectivity index (χ0n) is 13.5. The third-order valence-corrected chi connectivity index (χ3v) is 3.94. The number of hydrogen-bond donors (Lipinski definition) is 0. The summed E-state index contributed by atoms with van der Waals surface area (Å²) >= 11 is 3.40. The molecule has 6 heteroatoms.